The molecule has 2 aliphatic heterocycles. The van der Waals surface area contributed by atoms with Gasteiger partial charge in [0, 0.05) is 45.8 Å². The van der Waals surface area contributed by atoms with Gasteiger partial charge in [0.1, 0.15) is 5.60 Å². The molecular weight excluding hydrogens is 448 g/mol. The van der Waals surface area contributed by atoms with Crippen LogP contribution in [0.2, 0.25) is 0 Å². The molecule has 1 aromatic carbocycles. The first kappa shape index (κ1) is 26.8. The van der Waals surface area contributed by atoms with E-state index < -0.39 is 11.1 Å². The number of piperazine rings is 1. The van der Waals surface area contributed by atoms with E-state index in [1.165, 1.54) is 0 Å². The molecule has 1 N–H and O–H groups in total. The number of hydrogen-bond acceptors (Lipinski definition) is 6. The largest absolute Gasteiger partial charge is 0.466 e. The van der Waals surface area contributed by atoms with Crippen molar-refractivity contribution in [2.75, 3.05) is 52.4 Å². The Labute approximate surface area is 208 Å². The molecule has 2 saturated heterocycles. The van der Waals surface area contributed by atoms with Crippen molar-refractivity contribution < 1.29 is 23.9 Å². The molecule has 2 aliphatic rings. The molecule has 9 nitrogen and oxygen atoms in total. The molecule has 0 atom stereocenters. The third-order valence-corrected chi connectivity index (χ3v) is 6.54. The fourth-order valence-electron chi connectivity index (χ4n) is 4.58. The maximum atomic E-state index is 13.3. The Bertz CT molecular complexity index is 854. The summed E-state index contributed by atoms with van der Waals surface area (Å²) in [5.74, 6) is -0.185. The molecule has 0 unspecified atom stereocenters. The lowest BCUT2D eigenvalue weighted by Gasteiger charge is -2.44. The Morgan fingerprint density at radius 3 is 2.14 bits per heavy atom. The number of carbonyl (C=O) groups is 3. The average molecular weight is 489 g/mol. The summed E-state index contributed by atoms with van der Waals surface area (Å²) in [6, 6.07) is 9.90. The molecule has 2 heterocycles. The van der Waals surface area contributed by atoms with Gasteiger partial charge in [-0.15, -0.1) is 0 Å². The third-order valence-electron chi connectivity index (χ3n) is 6.54. The number of carbonyl (C=O) groups excluding carboxylic acids is 3. The van der Waals surface area contributed by atoms with Gasteiger partial charge in [0.15, 0.2) is 0 Å². The topological polar surface area (TPSA) is 91.4 Å². The minimum Gasteiger partial charge on any atom is -0.466 e. The fourth-order valence-corrected chi connectivity index (χ4v) is 4.58. The summed E-state index contributed by atoms with van der Waals surface area (Å²) in [5.41, 5.74) is -0.0411. The number of esters is 1. The monoisotopic (exact) mass is 488 g/mol. The van der Waals surface area contributed by atoms with Crippen LogP contribution in [0, 0.1) is 0 Å². The predicted molar refractivity (Wildman–Crippen MR) is 133 cm³/mol. The zero-order chi connectivity index (χ0) is 25.5. The normalized spacial score (nSPS) is 18.6. The first-order valence-corrected chi connectivity index (χ1v) is 12.6. The second-order valence-corrected chi connectivity index (χ2v) is 10.2. The number of hydrogen-bond donors (Lipinski definition) is 1. The molecule has 3 rings (SSSR count). The molecule has 3 amide bonds. The SMILES string of the molecule is CCOC(=O)CCN1CCN(C(=O)NC2(c3ccccc3)CCN(C(=O)OC(C)(C)C)CC2)CC1. The van der Waals surface area contributed by atoms with Crippen molar-refractivity contribution in [3.63, 3.8) is 0 Å². The zero-order valence-corrected chi connectivity index (χ0v) is 21.5. The quantitative estimate of drug-likeness (QED) is 0.619. The van der Waals surface area contributed by atoms with E-state index >= 15 is 0 Å². The number of nitrogens with one attached hydrogen (secondary N) is 1. The number of likely N-dealkylation sites (tertiary alicyclic amines) is 1. The lowest BCUT2D eigenvalue weighted by molar-refractivity contribution is -0.143. The van der Waals surface area contributed by atoms with Gasteiger partial charge < -0.3 is 24.6 Å². The summed E-state index contributed by atoms with van der Waals surface area (Å²) in [4.78, 5) is 43.3. The third kappa shape index (κ3) is 7.59. The van der Waals surface area contributed by atoms with E-state index in [2.05, 4.69) is 10.2 Å². The van der Waals surface area contributed by atoms with Crippen molar-refractivity contribution in [3.8, 4) is 0 Å². The van der Waals surface area contributed by atoms with E-state index in [1.807, 2.05) is 56.0 Å². The van der Waals surface area contributed by atoms with Crippen LogP contribution >= 0.6 is 0 Å². The van der Waals surface area contributed by atoms with E-state index in [0.29, 0.717) is 58.6 Å². The van der Waals surface area contributed by atoms with Gasteiger partial charge in [-0.25, -0.2) is 9.59 Å². The summed E-state index contributed by atoms with van der Waals surface area (Å²) in [5, 5.41) is 3.32. The first-order valence-electron chi connectivity index (χ1n) is 12.6. The number of rotatable bonds is 6. The van der Waals surface area contributed by atoms with Crippen molar-refractivity contribution in [2.45, 2.75) is 58.1 Å². The standard InChI is InChI=1S/C26H40N4O5/c1-5-34-22(31)11-14-28-17-19-29(20-18-28)23(32)27-26(21-9-7-6-8-10-21)12-15-30(16-13-26)24(33)35-25(2,3)4/h6-10H,5,11-20H2,1-4H3,(H,27,32). The molecule has 0 saturated carbocycles. The molecule has 35 heavy (non-hydrogen) atoms. The van der Waals surface area contributed by atoms with Crippen LogP contribution in [0.25, 0.3) is 0 Å². The van der Waals surface area contributed by atoms with Crippen LogP contribution in [0.4, 0.5) is 9.59 Å². The smallest absolute Gasteiger partial charge is 0.410 e. The minimum absolute atomic E-state index is 0.0930. The van der Waals surface area contributed by atoms with Gasteiger partial charge in [0.25, 0.3) is 0 Å². The van der Waals surface area contributed by atoms with Crippen LogP contribution in [-0.4, -0.2) is 90.8 Å². The lowest BCUT2D eigenvalue weighted by atomic mass is 9.81. The number of urea groups is 1. The fraction of sp³-hybridized carbons (Fsp3) is 0.654. The highest BCUT2D eigenvalue weighted by atomic mass is 16.6. The maximum Gasteiger partial charge on any atom is 0.410 e. The second kappa shape index (κ2) is 11.7. The van der Waals surface area contributed by atoms with Gasteiger partial charge in [0.05, 0.1) is 18.6 Å². The van der Waals surface area contributed by atoms with Crippen LogP contribution in [0.5, 0.6) is 0 Å². The van der Waals surface area contributed by atoms with Crippen molar-refractivity contribution in [2.24, 2.45) is 0 Å². The summed E-state index contributed by atoms with van der Waals surface area (Å²) >= 11 is 0. The van der Waals surface area contributed by atoms with Gasteiger partial charge in [-0.3, -0.25) is 9.69 Å². The summed E-state index contributed by atoms with van der Waals surface area (Å²) in [7, 11) is 0. The van der Waals surface area contributed by atoms with Crippen LogP contribution in [0.3, 0.4) is 0 Å². The van der Waals surface area contributed by atoms with E-state index in [0.717, 1.165) is 18.7 Å². The van der Waals surface area contributed by atoms with Crippen LogP contribution in [-0.2, 0) is 19.8 Å². The minimum atomic E-state index is -0.544. The zero-order valence-electron chi connectivity index (χ0n) is 21.5. The Balaban J connectivity index is 1.59. The number of benzene rings is 1. The Morgan fingerprint density at radius 1 is 0.943 bits per heavy atom. The van der Waals surface area contributed by atoms with E-state index in [1.54, 1.807) is 11.8 Å². The number of amides is 3. The molecule has 194 valence electrons. The lowest BCUT2D eigenvalue weighted by Crippen LogP contribution is -2.59. The molecule has 0 bridgehead atoms. The Kier molecular flexibility index (Phi) is 8.99. The molecule has 0 radical (unpaired) electrons. The van der Waals surface area contributed by atoms with Gasteiger partial charge in [0.2, 0.25) is 0 Å². The molecule has 0 spiro atoms. The van der Waals surface area contributed by atoms with Crippen molar-refractivity contribution in [3.05, 3.63) is 35.9 Å². The van der Waals surface area contributed by atoms with Crippen molar-refractivity contribution >= 4 is 18.1 Å². The molecule has 1 aromatic rings. The maximum absolute atomic E-state index is 13.3. The summed E-state index contributed by atoms with van der Waals surface area (Å²) < 4.78 is 10.5. The van der Waals surface area contributed by atoms with Gasteiger partial charge in [-0.2, -0.15) is 0 Å². The molecular formula is C26H40N4O5. The first-order chi connectivity index (χ1) is 16.6. The average Bonchev–Trinajstić information content (AvgIpc) is 2.83. The number of piperidine rings is 1. The summed E-state index contributed by atoms with van der Waals surface area (Å²) in [6.45, 7) is 12.1. The van der Waals surface area contributed by atoms with Crippen molar-refractivity contribution in [1.29, 1.82) is 0 Å². The molecule has 9 heteroatoms. The Morgan fingerprint density at radius 2 is 1.57 bits per heavy atom. The van der Waals surface area contributed by atoms with Crippen molar-refractivity contribution in [1.82, 2.24) is 20.0 Å². The van der Waals surface area contributed by atoms with E-state index in [4.69, 9.17) is 9.47 Å². The Hall–Kier alpha value is -2.81. The van der Waals surface area contributed by atoms with E-state index in [9.17, 15) is 14.4 Å². The van der Waals surface area contributed by atoms with Crippen LogP contribution in [0.1, 0.15) is 52.5 Å². The van der Waals surface area contributed by atoms with Crippen LogP contribution in [0.15, 0.2) is 30.3 Å². The van der Waals surface area contributed by atoms with E-state index in [-0.39, 0.29) is 18.1 Å². The van der Waals surface area contributed by atoms with Gasteiger partial charge in [-0.05, 0) is 46.1 Å². The number of ether oxygens (including phenoxy) is 2. The number of nitrogens with zero attached hydrogens (tertiary/aromatic N) is 3. The van der Waals surface area contributed by atoms with Crippen LogP contribution < -0.4 is 5.32 Å². The highest BCUT2D eigenvalue weighted by molar-refractivity contribution is 5.76. The highest BCUT2D eigenvalue weighted by Gasteiger charge is 2.40. The molecule has 2 fully saturated rings. The highest BCUT2D eigenvalue weighted by Crippen LogP contribution is 2.34. The summed E-state index contributed by atoms with van der Waals surface area (Å²) in [6.07, 6.45) is 1.28. The van der Waals surface area contributed by atoms with Gasteiger partial charge >= 0.3 is 18.1 Å². The molecule has 0 aromatic heterocycles. The second-order valence-electron chi connectivity index (χ2n) is 10.2. The van der Waals surface area contributed by atoms with Gasteiger partial charge in [-0.1, -0.05) is 30.3 Å². The predicted octanol–water partition coefficient (Wildman–Crippen LogP) is 3.19. The molecule has 0 aliphatic carbocycles.